The van der Waals surface area contributed by atoms with Gasteiger partial charge in [-0.25, -0.2) is 22.2 Å². The molecule has 2 heterocycles. The molecular weight excluding hydrogens is 414 g/mol. The summed E-state index contributed by atoms with van der Waals surface area (Å²) in [7, 11) is -3.96. The van der Waals surface area contributed by atoms with Crippen molar-refractivity contribution in [2.75, 3.05) is 36.2 Å². The van der Waals surface area contributed by atoms with E-state index in [-0.39, 0.29) is 22.8 Å². The maximum absolute atomic E-state index is 13.3. The van der Waals surface area contributed by atoms with Crippen LogP contribution in [0.15, 0.2) is 41.4 Å². The second-order valence-corrected chi connectivity index (χ2v) is 9.09. The zero-order valence-electron chi connectivity index (χ0n) is 16.9. The topological polar surface area (TPSA) is 83.6 Å². The van der Waals surface area contributed by atoms with Crippen molar-refractivity contribution >= 4 is 21.5 Å². The molecule has 2 N–H and O–H groups in total. The van der Waals surface area contributed by atoms with Gasteiger partial charge in [-0.15, -0.1) is 0 Å². The van der Waals surface area contributed by atoms with Crippen molar-refractivity contribution in [2.45, 2.75) is 37.4 Å². The minimum absolute atomic E-state index is 0.0668. The Morgan fingerprint density at radius 1 is 1.13 bits per heavy atom. The Bertz CT molecular complexity index is 947. The van der Waals surface area contributed by atoms with Crippen LogP contribution in [0.3, 0.4) is 0 Å². The zero-order valence-corrected chi connectivity index (χ0v) is 17.8. The molecule has 0 bridgehead atoms. The Balaban J connectivity index is 1.49. The van der Waals surface area contributed by atoms with Crippen molar-refractivity contribution in [3.8, 4) is 0 Å². The van der Waals surface area contributed by atoms with E-state index in [0.29, 0.717) is 12.4 Å². The lowest BCUT2D eigenvalue weighted by Crippen LogP contribution is -2.45. The number of rotatable bonds is 8. The Labute approximate surface area is 175 Å². The number of anilines is 2. The Morgan fingerprint density at radius 3 is 2.50 bits per heavy atom. The summed E-state index contributed by atoms with van der Waals surface area (Å²) in [6.07, 6.45) is 2.60. The number of nitrogens with zero attached hydrogens (tertiary/aromatic N) is 2. The van der Waals surface area contributed by atoms with Gasteiger partial charge in [-0.1, -0.05) is 0 Å². The Hall–Kier alpha value is -2.30. The number of morpholine rings is 1. The maximum Gasteiger partial charge on any atom is 0.263 e. The van der Waals surface area contributed by atoms with Crippen LogP contribution >= 0.6 is 0 Å². The first kappa shape index (κ1) is 22.4. The van der Waals surface area contributed by atoms with E-state index in [1.807, 2.05) is 0 Å². The summed E-state index contributed by atoms with van der Waals surface area (Å²) in [5, 5.41) is 3.17. The van der Waals surface area contributed by atoms with Crippen molar-refractivity contribution in [3.63, 3.8) is 0 Å². The lowest BCUT2D eigenvalue weighted by Gasteiger charge is -2.35. The van der Waals surface area contributed by atoms with Crippen LogP contribution < -0.4 is 10.0 Å². The van der Waals surface area contributed by atoms with E-state index in [2.05, 4.69) is 33.8 Å². The molecule has 1 aliphatic rings. The molecule has 3 rings (SSSR count). The molecule has 0 saturated carbocycles. The third kappa shape index (κ3) is 6.10. The molecule has 0 radical (unpaired) electrons. The van der Waals surface area contributed by atoms with Gasteiger partial charge >= 0.3 is 0 Å². The van der Waals surface area contributed by atoms with E-state index in [1.54, 1.807) is 6.07 Å². The van der Waals surface area contributed by atoms with Gasteiger partial charge in [0.25, 0.3) is 10.0 Å². The fraction of sp³-hybridized carbons (Fsp3) is 0.450. The van der Waals surface area contributed by atoms with Crippen LogP contribution in [0.25, 0.3) is 0 Å². The highest BCUT2D eigenvalue weighted by Gasteiger charge is 2.21. The first-order valence-corrected chi connectivity index (χ1v) is 11.3. The molecule has 1 saturated heterocycles. The third-order valence-corrected chi connectivity index (χ3v) is 6.04. The monoisotopic (exact) mass is 440 g/mol. The molecule has 1 aliphatic heterocycles. The van der Waals surface area contributed by atoms with Crippen LogP contribution in [-0.2, 0) is 14.8 Å². The molecule has 7 nitrogen and oxygen atoms in total. The summed E-state index contributed by atoms with van der Waals surface area (Å²) in [6.45, 7) is 7.62. The SMILES string of the molecule is CC1CN(CCCNc2ccc(S(=O)(=O)Nc3ccc(F)c(F)c3)cn2)CC(C)O1. The standard InChI is InChI=1S/C20H26F2N4O3S/c1-14-12-26(13-15(2)29-14)9-3-8-23-20-7-5-17(11-24-20)30(27,28)25-16-4-6-18(21)19(22)10-16/h4-7,10-11,14-15,25H,3,8-9,12-13H2,1-2H3,(H,23,24). The van der Waals surface area contributed by atoms with Crippen LogP contribution in [0.4, 0.5) is 20.3 Å². The van der Waals surface area contributed by atoms with Crippen molar-refractivity contribution in [2.24, 2.45) is 0 Å². The van der Waals surface area contributed by atoms with Gasteiger partial charge < -0.3 is 10.1 Å². The van der Waals surface area contributed by atoms with E-state index in [9.17, 15) is 17.2 Å². The molecule has 0 spiro atoms. The van der Waals surface area contributed by atoms with Gasteiger partial charge in [0.2, 0.25) is 0 Å². The summed E-state index contributed by atoms with van der Waals surface area (Å²) in [5.41, 5.74) is -0.0668. The molecule has 2 aromatic rings. The molecule has 30 heavy (non-hydrogen) atoms. The summed E-state index contributed by atoms with van der Waals surface area (Å²) < 4.78 is 59.0. The van der Waals surface area contributed by atoms with E-state index in [1.165, 1.54) is 12.3 Å². The van der Waals surface area contributed by atoms with E-state index < -0.39 is 21.7 Å². The summed E-state index contributed by atoms with van der Waals surface area (Å²) in [4.78, 5) is 6.42. The van der Waals surface area contributed by atoms with Crippen LogP contribution in [-0.4, -0.2) is 56.7 Å². The van der Waals surface area contributed by atoms with Gasteiger partial charge in [-0.2, -0.15) is 0 Å². The maximum atomic E-state index is 13.3. The molecule has 1 fully saturated rings. The van der Waals surface area contributed by atoms with Crippen molar-refractivity contribution in [1.29, 1.82) is 0 Å². The van der Waals surface area contributed by atoms with Gasteiger partial charge in [0.15, 0.2) is 11.6 Å². The quantitative estimate of drug-likeness (QED) is 0.614. The van der Waals surface area contributed by atoms with Gasteiger partial charge in [-0.3, -0.25) is 9.62 Å². The third-order valence-electron chi connectivity index (χ3n) is 4.67. The fourth-order valence-electron chi connectivity index (χ4n) is 3.40. The van der Waals surface area contributed by atoms with Crippen LogP contribution in [0, 0.1) is 11.6 Å². The van der Waals surface area contributed by atoms with Gasteiger partial charge in [0.1, 0.15) is 10.7 Å². The highest BCUT2D eigenvalue weighted by atomic mass is 32.2. The highest BCUT2D eigenvalue weighted by molar-refractivity contribution is 7.92. The van der Waals surface area contributed by atoms with Crippen LogP contribution in [0.2, 0.25) is 0 Å². The number of nitrogens with one attached hydrogen (secondary N) is 2. The number of halogens is 2. The molecule has 1 aromatic carbocycles. The average molecular weight is 441 g/mol. The van der Waals surface area contributed by atoms with Crippen LogP contribution in [0.5, 0.6) is 0 Å². The first-order valence-electron chi connectivity index (χ1n) is 9.78. The summed E-state index contributed by atoms with van der Waals surface area (Å²) >= 11 is 0. The number of hydrogen-bond donors (Lipinski definition) is 2. The number of ether oxygens (including phenoxy) is 1. The van der Waals surface area contributed by atoms with Crippen molar-refractivity contribution in [1.82, 2.24) is 9.88 Å². The summed E-state index contributed by atoms with van der Waals surface area (Å²) in [5.74, 6) is -1.62. The van der Waals surface area contributed by atoms with E-state index in [4.69, 9.17) is 4.74 Å². The smallest absolute Gasteiger partial charge is 0.263 e. The lowest BCUT2D eigenvalue weighted by atomic mass is 10.2. The number of sulfonamides is 1. The predicted octanol–water partition coefficient (Wildman–Crippen LogP) is 3.07. The normalized spacial score (nSPS) is 20.1. The molecule has 10 heteroatoms. The van der Waals surface area contributed by atoms with Gasteiger partial charge in [-0.05, 0) is 44.5 Å². The molecule has 0 aliphatic carbocycles. The van der Waals surface area contributed by atoms with E-state index in [0.717, 1.165) is 44.3 Å². The van der Waals surface area contributed by atoms with E-state index >= 15 is 0 Å². The largest absolute Gasteiger partial charge is 0.373 e. The Morgan fingerprint density at radius 2 is 1.87 bits per heavy atom. The van der Waals surface area contributed by atoms with Crippen LogP contribution in [0.1, 0.15) is 20.3 Å². The number of hydrogen-bond acceptors (Lipinski definition) is 6. The van der Waals surface area contributed by atoms with Crippen molar-refractivity contribution < 1.29 is 21.9 Å². The molecular formula is C20H26F2N4O3S. The lowest BCUT2D eigenvalue weighted by molar-refractivity contribution is -0.0678. The number of pyridine rings is 1. The number of aromatic nitrogens is 1. The molecule has 1 aromatic heterocycles. The van der Waals surface area contributed by atoms with Gasteiger partial charge in [0.05, 0.1) is 17.9 Å². The Kier molecular flexibility index (Phi) is 7.22. The first-order chi connectivity index (χ1) is 14.2. The molecule has 0 amide bonds. The average Bonchev–Trinajstić information content (AvgIpc) is 2.68. The van der Waals surface area contributed by atoms with Crippen molar-refractivity contribution in [3.05, 3.63) is 48.2 Å². The fourth-order valence-corrected chi connectivity index (χ4v) is 4.40. The second-order valence-electron chi connectivity index (χ2n) is 7.41. The molecule has 164 valence electrons. The summed E-state index contributed by atoms with van der Waals surface area (Å²) in [6, 6.07) is 5.76. The molecule has 2 unspecified atom stereocenters. The predicted molar refractivity (Wildman–Crippen MR) is 111 cm³/mol. The minimum Gasteiger partial charge on any atom is -0.373 e. The highest BCUT2D eigenvalue weighted by Crippen LogP contribution is 2.19. The molecule has 2 atom stereocenters. The zero-order chi connectivity index (χ0) is 21.7. The number of benzene rings is 1. The van der Waals surface area contributed by atoms with Gasteiger partial charge in [0, 0.05) is 38.4 Å². The second kappa shape index (κ2) is 9.67. The minimum atomic E-state index is -3.96.